The van der Waals surface area contributed by atoms with Gasteiger partial charge in [-0.15, -0.1) is 0 Å². The smallest absolute Gasteiger partial charge is 0.133 e. The molecule has 25 heavy (non-hydrogen) atoms. The number of para-hydroxylation sites is 1. The zero-order valence-corrected chi connectivity index (χ0v) is 16.9. The fraction of sp³-hybridized carbons (Fsp3) is 0.368. The highest BCUT2D eigenvalue weighted by Gasteiger charge is 2.24. The molecule has 2 aromatic rings. The standard InChI is InChI=1S/C19H21Br2NO3/c20-15-5-3-4-14(10-15)19-12-22(8-9-24-19)11-16(23)13-25-18-7-2-1-6-17(18)21/h1-7,10,16,19,23H,8-9,11-13H2. The summed E-state index contributed by atoms with van der Waals surface area (Å²) in [6.45, 7) is 3.08. The molecule has 1 saturated heterocycles. The van der Waals surface area contributed by atoms with Gasteiger partial charge in [0.1, 0.15) is 18.5 Å². The predicted molar refractivity (Wildman–Crippen MR) is 105 cm³/mol. The molecule has 0 spiro atoms. The van der Waals surface area contributed by atoms with Gasteiger partial charge in [-0.05, 0) is 45.8 Å². The van der Waals surface area contributed by atoms with Crippen LogP contribution in [0.15, 0.2) is 57.5 Å². The molecule has 1 heterocycles. The van der Waals surface area contributed by atoms with Crippen molar-refractivity contribution in [3.8, 4) is 5.75 Å². The van der Waals surface area contributed by atoms with Crippen LogP contribution < -0.4 is 4.74 Å². The number of nitrogens with zero attached hydrogens (tertiary/aromatic N) is 1. The molecule has 6 heteroatoms. The molecule has 1 fully saturated rings. The lowest BCUT2D eigenvalue weighted by Crippen LogP contribution is -2.43. The Hall–Kier alpha value is -0.920. The third-order valence-corrected chi connectivity index (χ3v) is 5.26. The maximum atomic E-state index is 10.3. The zero-order valence-electron chi connectivity index (χ0n) is 13.8. The Bertz CT molecular complexity index is 698. The van der Waals surface area contributed by atoms with Gasteiger partial charge in [-0.3, -0.25) is 4.90 Å². The summed E-state index contributed by atoms with van der Waals surface area (Å²) in [5, 5.41) is 10.3. The summed E-state index contributed by atoms with van der Waals surface area (Å²) < 4.78 is 13.5. The van der Waals surface area contributed by atoms with Gasteiger partial charge in [-0.1, -0.05) is 40.2 Å². The molecule has 2 aromatic carbocycles. The van der Waals surface area contributed by atoms with Crippen molar-refractivity contribution in [1.82, 2.24) is 4.90 Å². The van der Waals surface area contributed by atoms with Gasteiger partial charge in [0, 0.05) is 24.1 Å². The number of benzene rings is 2. The van der Waals surface area contributed by atoms with Crippen molar-refractivity contribution in [2.45, 2.75) is 12.2 Å². The van der Waals surface area contributed by atoms with Gasteiger partial charge in [-0.2, -0.15) is 0 Å². The quantitative estimate of drug-likeness (QED) is 0.692. The molecule has 134 valence electrons. The van der Waals surface area contributed by atoms with Crippen molar-refractivity contribution in [3.05, 3.63) is 63.0 Å². The Balaban J connectivity index is 1.51. The van der Waals surface area contributed by atoms with Crippen molar-refractivity contribution < 1.29 is 14.6 Å². The molecule has 2 atom stereocenters. The van der Waals surface area contributed by atoms with E-state index in [1.807, 2.05) is 36.4 Å². The van der Waals surface area contributed by atoms with Gasteiger partial charge < -0.3 is 14.6 Å². The van der Waals surface area contributed by atoms with E-state index in [1.54, 1.807) is 0 Å². The van der Waals surface area contributed by atoms with Crippen molar-refractivity contribution in [2.75, 3.05) is 32.8 Å². The second-order valence-corrected chi connectivity index (χ2v) is 7.84. The summed E-state index contributed by atoms with van der Waals surface area (Å²) in [6.07, 6.45) is -0.518. The molecule has 1 aliphatic rings. The first-order chi connectivity index (χ1) is 12.1. The molecule has 1 aliphatic heterocycles. The molecular weight excluding hydrogens is 450 g/mol. The van der Waals surface area contributed by atoms with Crippen LogP contribution in [0.3, 0.4) is 0 Å². The number of rotatable bonds is 6. The fourth-order valence-electron chi connectivity index (χ4n) is 2.88. The molecule has 3 rings (SSSR count). The largest absolute Gasteiger partial charge is 0.490 e. The maximum Gasteiger partial charge on any atom is 0.133 e. The van der Waals surface area contributed by atoms with Crippen LogP contribution in [0.5, 0.6) is 5.75 Å². The first-order valence-electron chi connectivity index (χ1n) is 8.26. The molecule has 1 N–H and O–H groups in total. The van der Waals surface area contributed by atoms with Crippen molar-refractivity contribution in [1.29, 1.82) is 0 Å². The number of aliphatic hydroxyl groups is 1. The maximum absolute atomic E-state index is 10.3. The summed E-state index contributed by atoms with van der Waals surface area (Å²) in [5.74, 6) is 0.746. The highest BCUT2D eigenvalue weighted by molar-refractivity contribution is 9.10. The minimum Gasteiger partial charge on any atom is -0.490 e. The molecule has 4 nitrogen and oxygen atoms in total. The van der Waals surface area contributed by atoms with E-state index in [-0.39, 0.29) is 12.7 Å². The average molecular weight is 471 g/mol. The van der Waals surface area contributed by atoms with Gasteiger partial charge in [0.05, 0.1) is 17.2 Å². The fourth-order valence-corrected chi connectivity index (χ4v) is 3.69. The van der Waals surface area contributed by atoms with E-state index in [9.17, 15) is 5.11 Å². The van der Waals surface area contributed by atoms with Crippen molar-refractivity contribution in [2.24, 2.45) is 0 Å². The van der Waals surface area contributed by atoms with Crippen LogP contribution in [0.4, 0.5) is 0 Å². The van der Waals surface area contributed by atoms with E-state index in [2.05, 4.69) is 48.9 Å². The van der Waals surface area contributed by atoms with Crippen LogP contribution in [0.2, 0.25) is 0 Å². The van der Waals surface area contributed by atoms with Gasteiger partial charge >= 0.3 is 0 Å². The van der Waals surface area contributed by atoms with Gasteiger partial charge in [0.2, 0.25) is 0 Å². The molecule has 0 aliphatic carbocycles. The van der Waals surface area contributed by atoms with E-state index < -0.39 is 6.10 Å². The molecule has 2 unspecified atom stereocenters. The normalized spacial score (nSPS) is 19.6. The Kier molecular flexibility index (Phi) is 6.90. The Labute approximate surface area is 165 Å². The highest BCUT2D eigenvalue weighted by atomic mass is 79.9. The Morgan fingerprint density at radius 3 is 2.84 bits per heavy atom. The van der Waals surface area contributed by atoms with Crippen LogP contribution in [-0.2, 0) is 4.74 Å². The monoisotopic (exact) mass is 469 g/mol. The summed E-state index contributed by atoms with van der Waals surface area (Å²) in [4.78, 5) is 2.23. The third-order valence-electron chi connectivity index (χ3n) is 4.11. The van der Waals surface area contributed by atoms with E-state index in [1.165, 1.54) is 0 Å². The Morgan fingerprint density at radius 1 is 1.20 bits per heavy atom. The first kappa shape index (κ1) is 18.9. The summed E-state index contributed by atoms with van der Waals surface area (Å²) in [7, 11) is 0. The second kappa shape index (κ2) is 9.14. The first-order valence-corrected chi connectivity index (χ1v) is 9.85. The summed E-state index contributed by atoms with van der Waals surface area (Å²) in [6, 6.07) is 15.8. The van der Waals surface area contributed by atoms with Gasteiger partial charge in [0.25, 0.3) is 0 Å². The van der Waals surface area contributed by atoms with Crippen LogP contribution in [0, 0.1) is 0 Å². The number of ether oxygens (including phenoxy) is 2. The number of β-amino-alcohol motifs (C(OH)–C–C–N with tert-alkyl or cyclic N) is 1. The summed E-state index contributed by atoms with van der Waals surface area (Å²) in [5.41, 5.74) is 1.15. The van der Waals surface area contributed by atoms with E-state index in [0.717, 1.165) is 33.3 Å². The average Bonchev–Trinajstić information content (AvgIpc) is 2.61. The van der Waals surface area contributed by atoms with Gasteiger partial charge in [-0.25, -0.2) is 0 Å². The predicted octanol–water partition coefficient (Wildman–Crippen LogP) is 4.02. The lowest BCUT2D eigenvalue weighted by atomic mass is 10.1. The number of aliphatic hydroxyl groups excluding tert-OH is 1. The van der Waals surface area contributed by atoms with E-state index >= 15 is 0 Å². The van der Waals surface area contributed by atoms with Crippen LogP contribution in [0.25, 0.3) is 0 Å². The zero-order chi connectivity index (χ0) is 17.6. The van der Waals surface area contributed by atoms with Gasteiger partial charge in [0.15, 0.2) is 0 Å². The van der Waals surface area contributed by atoms with Crippen LogP contribution in [-0.4, -0.2) is 49.0 Å². The number of halogens is 2. The molecule has 0 aromatic heterocycles. The number of hydrogen-bond acceptors (Lipinski definition) is 4. The molecule has 0 bridgehead atoms. The number of morpholine rings is 1. The third kappa shape index (κ3) is 5.53. The number of hydrogen-bond donors (Lipinski definition) is 1. The topological polar surface area (TPSA) is 41.9 Å². The molecule has 0 saturated carbocycles. The SMILES string of the molecule is OC(COc1ccccc1Br)CN1CCOC(c2cccc(Br)c2)C1. The molecule has 0 radical (unpaired) electrons. The second-order valence-electron chi connectivity index (χ2n) is 6.07. The Morgan fingerprint density at radius 2 is 2.04 bits per heavy atom. The van der Waals surface area contributed by atoms with E-state index in [0.29, 0.717) is 13.2 Å². The van der Waals surface area contributed by atoms with Crippen LogP contribution in [0.1, 0.15) is 11.7 Å². The summed E-state index contributed by atoms with van der Waals surface area (Å²) >= 11 is 6.95. The minimum atomic E-state index is -0.548. The van der Waals surface area contributed by atoms with Crippen molar-refractivity contribution >= 4 is 31.9 Å². The molecule has 0 amide bonds. The minimum absolute atomic E-state index is 0.0302. The highest BCUT2D eigenvalue weighted by Crippen LogP contribution is 2.26. The van der Waals surface area contributed by atoms with Crippen molar-refractivity contribution in [3.63, 3.8) is 0 Å². The lowest BCUT2D eigenvalue weighted by molar-refractivity contribution is -0.0459. The molecular formula is C19H21Br2NO3. The lowest BCUT2D eigenvalue weighted by Gasteiger charge is -2.34. The van der Waals surface area contributed by atoms with E-state index in [4.69, 9.17) is 9.47 Å². The van der Waals surface area contributed by atoms with Crippen LogP contribution >= 0.6 is 31.9 Å².